The highest BCUT2D eigenvalue weighted by Crippen LogP contribution is 2.33. The van der Waals surface area contributed by atoms with Crippen LogP contribution >= 0.6 is 0 Å². The molecule has 0 spiro atoms. The van der Waals surface area contributed by atoms with Crippen molar-refractivity contribution in [1.82, 2.24) is 9.78 Å². The van der Waals surface area contributed by atoms with E-state index in [0.29, 0.717) is 28.3 Å². The Kier molecular flexibility index (Phi) is 4.38. The van der Waals surface area contributed by atoms with Gasteiger partial charge in [-0.15, -0.1) is 0 Å². The van der Waals surface area contributed by atoms with Crippen molar-refractivity contribution in [2.75, 3.05) is 12.4 Å². The van der Waals surface area contributed by atoms with Crippen molar-refractivity contribution in [2.24, 2.45) is 0 Å². The maximum absolute atomic E-state index is 13.3. The molecule has 0 radical (unpaired) electrons. The summed E-state index contributed by atoms with van der Waals surface area (Å²) in [5.41, 5.74) is 1.61. The SMILES string of the molecule is COc1ccccc1C(=O)Nc1c2c(nn1-c1ccc(F)cc1)CS(=O)(=O)C2. The maximum atomic E-state index is 13.3. The second-order valence-corrected chi connectivity index (χ2v) is 8.41. The van der Waals surface area contributed by atoms with Gasteiger partial charge in [-0.25, -0.2) is 17.5 Å². The molecule has 9 heteroatoms. The van der Waals surface area contributed by atoms with Gasteiger partial charge in [0.2, 0.25) is 0 Å². The van der Waals surface area contributed by atoms with Crippen LogP contribution in [-0.2, 0) is 21.3 Å². The Morgan fingerprint density at radius 2 is 1.86 bits per heavy atom. The molecule has 1 aromatic heterocycles. The number of benzene rings is 2. The van der Waals surface area contributed by atoms with Crippen molar-refractivity contribution in [1.29, 1.82) is 0 Å². The van der Waals surface area contributed by atoms with Gasteiger partial charge in [0.25, 0.3) is 5.91 Å². The van der Waals surface area contributed by atoms with E-state index in [1.165, 1.54) is 36.1 Å². The molecule has 1 amide bonds. The third kappa shape index (κ3) is 3.24. The van der Waals surface area contributed by atoms with E-state index in [-0.39, 0.29) is 17.3 Å². The number of carbonyl (C=O) groups excluding carboxylic acids is 1. The summed E-state index contributed by atoms with van der Waals surface area (Å²) in [7, 11) is -1.86. The van der Waals surface area contributed by atoms with E-state index in [2.05, 4.69) is 10.4 Å². The molecular weight excluding hydrogens is 385 g/mol. The number of nitrogens with one attached hydrogen (secondary N) is 1. The molecule has 2 aromatic carbocycles. The van der Waals surface area contributed by atoms with Gasteiger partial charge in [-0.1, -0.05) is 12.1 Å². The number of anilines is 1. The highest BCUT2D eigenvalue weighted by Gasteiger charge is 2.33. The number of methoxy groups -OCH3 is 1. The van der Waals surface area contributed by atoms with Crippen molar-refractivity contribution in [3.63, 3.8) is 0 Å². The van der Waals surface area contributed by atoms with E-state index < -0.39 is 21.6 Å². The van der Waals surface area contributed by atoms with Crippen LogP contribution in [0.2, 0.25) is 0 Å². The van der Waals surface area contributed by atoms with Gasteiger partial charge in [0.15, 0.2) is 9.84 Å². The third-order valence-corrected chi connectivity index (χ3v) is 5.88. The molecule has 2 heterocycles. The van der Waals surface area contributed by atoms with Crippen molar-refractivity contribution in [3.8, 4) is 11.4 Å². The Balaban J connectivity index is 1.79. The predicted molar refractivity (Wildman–Crippen MR) is 101 cm³/mol. The zero-order chi connectivity index (χ0) is 19.9. The molecule has 1 aliphatic rings. The van der Waals surface area contributed by atoms with Crippen LogP contribution in [0.4, 0.5) is 10.2 Å². The Bertz CT molecular complexity index is 1170. The molecule has 0 bridgehead atoms. The number of hydrogen-bond acceptors (Lipinski definition) is 5. The van der Waals surface area contributed by atoms with Gasteiger partial charge in [-0.2, -0.15) is 5.10 Å². The normalized spacial score (nSPS) is 14.5. The lowest BCUT2D eigenvalue weighted by Gasteiger charge is -2.12. The van der Waals surface area contributed by atoms with Gasteiger partial charge in [0.05, 0.1) is 35.6 Å². The monoisotopic (exact) mass is 401 g/mol. The fraction of sp³-hybridized carbons (Fsp3) is 0.158. The minimum Gasteiger partial charge on any atom is -0.496 e. The van der Waals surface area contributed by atoms with Crippen molar-refractivity contribution in [2.45, 2.75) is 11.5 Å². The summed E-state index contributed by atoms with van der Waals surface area (Å²) >= 11 is 0. The number of aromatic nitrogens is 2. The van der Waals surface area contributed by atoms with E-state index >= 15 is 0 Å². The van der Waals surface area contributed by atoms with E-state index in [1.807, 2.05) is 0 Å². The summed E-state index contributed by atoms with van der Waals surface area (Å²) in [5, 5.41) is 7.10. The standard InChI is InChI=1S/C19H16FN3O4S/c1-27-17-5-3-2-4-14(17)19(24)21-18-15-10-28(25,26)11-16(15)22-23(18)13-8-6-12(20)7-9-13/h2-9H,10-11H2,1H3,(H,21,24). The molecule has 0 aliphatic carbocycles. The summed E-state index contributed by atoms with van der Waals surface area (Å²) in [6, 6.07) is 12.2. The van der Waals surface area contributed by atoms with Crippen molar-refractivity contribution >= 4 is 21.6 Å². The molecule has 0 saturated carbocycles. The lowest BCUT2D eigenvalue weighted by molar-refractivity contribution is 0.102. The van der Waals surface area contributed by atoms with Crippen LogP contribution in [0.5, 0.6) is 5.75 Å². The molecule has 0 saturated heterocycles. The molecule has 28 heavy (non-hydrogen) atoms. The molecule has 4 rings (SSSR count). The van der Waals surface area contributed by atoms with E-state index in [9.17, 15) is 17.6 Å². The minimum absolute atomic E-state index is 0.200. The quantitative estimate of drug-likeness (QED) is 0.726. The molecule has 3 aromatic rings. The Morgan fingerprint density at radius 1 is 1.14 bits per heavy atom. The van der Waals surface area contributed by atoms with Crippen LogP contribution in [0.3, 0.4) is 0 Å². The van der Waals surface area contributed by atoms with E-state index in [1.54, 1.807) is 24.3 Å². The Morgan fingerprint density at radius 3 is 2.57 bits per heavy atom. The first kappa shape index (κ1) is 18.2. The molecule has 7 nitrogen and oxygen atoms in total. The minimum atomic E-state index is -3.32. The fourth-order valence-corrected chi connectivity index (χ4v) is 4.64. The summed E-state index contributed by atoms with van der Waals surface area (Å²) in [6.07, 6.45) is 0. The third-order valence-electron chi connectivity index (χ3n) is 4.44. The number of nitrogens with zero attached hydrogens (tertiary/aromatic N) is 2. The number of sulfone groups is 1. The first-order chi connectivity index (χ1) is 13.4. The lowest BCUT2D eigenvalue weighted by atomic mass is 10.2. The van der Waals surface area contributed by atoms with Gasteiger partial charge >= 0.3 is 0 Å². The fourth-order valence-electron chi connectivity index (χ4n) is 3.15. The summed E-state index contributed by atoms with van der Waals surface area (Å²) in [6.45, 7) is 0. The van der Waals surface area contributed by atoms with Gasteiger partial charge in [-0.05, 0) is 36.4 Å². The van der Waals surface area contributed by atoms with Crippen LogP contribution in [0, 0.1) is 5.82 Å². The second kappa shape index (κ2) is 6.75. The second-order valence-electron chi connectivity index (χ2n) is 6.35. The number of rotatable bonds is 4. The number of ether oxygens (including phenoxy) is 1. The zero-order valence-corrected chi connectivity index (χ0v) is 15.7. The first-order valence-corrected chi connectivity index (χ1v) is 10.2. The number of fused-ring (bicyclic) bond motifs is 1. The lowest BCUT2D eigenvalue weighted by Crippen LogP contribution is -2.17. The molecule has 0 atom stereocenters. The molecule has 0 unspecified atom stereocenters. The van der Waals surface area contributed by atoms with Crippen molar-refractivity contribution in [3.05, 3.63) is 71.2 Å². The average Bonchev–Trinajstić information content (AvgIpc) is 3.15. The van der Waals surface area contributed by atoms with Gasteiger partial charge in [0, 0.05) is 5.56 Å². The number of para-hydroxylation sites is 1. The van der Waals surface area contributed by atoms with E-state index in [0.717, 1.165) is 0 Å². The highest BCUT2D eigenvalue weighted by molar-refractivity contribution is 7.90. The zero-order valence-electron chi connectivity index (χ0n) is 14.8. The average molecular weight is 401 g/mol. The van der Waals surface area contributed by atoms with Crippen LogP contribution < -0.4 is 10.1 Å². The van der Waals surface area contributed by atoms with Crippen LogP contribution in [-0.4, -0.2) is 31.2 Å². The van der Waals surface area contributed by atoms with Crippen LogP contribution in [0.25, 0.3) is 5.69 Å². The van der Waals surface area contributed by atoms with Gasteiger partial charge < -0.3 is 10.1 Å². The highest BCUT2D eigenvalue weighted by atomic mass is 32.2. The van der Waals surface area contributed by atoms with Crippen molar-refractivity contribution < 1.29 is 22.3 Å². The molecule has 1 aliphatic heterocycles. The maximum Gasteiger partial charge on any atom is 0.260 e. The summed E-state index contributed by atoms with van der Waals surface area (Å²) in [4.78, 5) is 12.8. The summed E-state index contributed by atoms with van der Waals surface area (Å²) < 4.78 is 44.0. The first-order valence-electron chi connectivity index (χ1n) is 8.39. The van der Waals surface area contributed by atoms with Crippen LogP contribution in [0.1, 0.15) is 21.6 Å². The number of carbonyl (C=O) groups is 1. The van der Waals surface area contributed by atoms with Crippen LogP contribution in [0.15, 0.2) is 48.5 Å². The topological polar surface area (TPSA) is 90.3 Å². The Hall–Kier alpha value is -3.20. The molecule has 0 fully saturated rings. The van der Waals surface area contributed by atoms with E-state index in [4.69, 9.17) is 4.74 Å². The number of amides is 1. The van der Waals surface area contributed by atoms with Gasteiger partial charge in [0.1, 0.15) is 17.4 Å². The number of halogens is 1. The van der Waals surface area contributed by atoms with Gasteiger partial charge in [-0.3, -0.25) is 4.79 Å². The molecule has 144 valence electrons. The summed E-state index contributed by atoms with van der Waals surface area (Å²) in [5.74, 6) is -0.659. The number of hydrogen-bond donors (Lipinski definition) is 1. The largest absolute Gasteiger partial charge is 0.496 e. The predicted octanol–water partition coefficient (Wildman–Crippen LogP) is 2.70. The molecular formula is C19H16FN3O4S. The Labute approximate surface area is 160 Å². The smallest absolute Gasteiger partial charge is 0.260 e. The molecule has 1 N–H and O–H groups in total.